The minimum atomic E-state index is -0.605. The summed E-state index contributed by atoms with van der Waals surface area (Å²) in [6.07, 6.45) is 0.294. The largest absolute Gasteiger partial charge is 0.334 e. The Bertz CT molecular complexity index is 395. The minimum Gasteiger partial charge on any atom is -0.330 e. The average molecular weight is 304 g/mol. The van der Waals surface area contributed by atoms with Gasteiger partial charge in [0.2, 0.25) is 0 Å². The van der Waals surface area contributed by atoms with Crippen molar-refractivity contribution in [3.8, 4) is 0 Å². The molecule has 8 nitrogen and oxygen atoms in total. The van der Waals surface area contributed by atoms with Crippen LogP contribution in [0.1, 0.15) is 19.3 Å². The van der Waals surface area contributed by atoms with Crippen molar-refractivity contribution in [2.45, 2.75) is 19.3 Å². The maximum Gasteiger partial charge on any atom is 0.334 e. The molecule has 1 fully saturated rings. The van der Waals surface area contributed by atoms with Gasteiger partial charge in [-0.2, -0.15) is 0 Å². The Hall–Kier alpha value is -1.38. The molecule has 0 radical (unpaired) electrons. The molecule has 0 spiro atoms. The van der Waals surface area contributed by atoms with E-state index in [1.807, 2.05) is 0 Å². The Morgan fingerprint density at radius 3 is 2.58 bits per heavy atom. The molecule has 2 amide bonds. The SMILES string of the molecule is [N-]=[N+]=NCCSSCCC(=O)ON1C(=O)CCC1=O. The number of rotatable bonds is 8. The van der Waals surface area contributed by atoms with Crippen LogP contribution in [0.25, 0.3) is 10.4 Å². The molecule has 1 rings (SSSR count). The second-order valence-corrected chi connectivity index (χ2v) is 6.10. The lowest BCUT2D eigenvalue weighted by Gasteiger charge is -2.12. The zero-order valence-corrected chi connectivity index (χ0v) is 11.6. The van der Waals surface area contributed by atoms with Gasteiger partial charge in [-0.15, -0.1) is 5.06 Å². The number of hydroxylamine groups is 2. The van der Waals surface area contributed by atoms with E-state index in [0.717, 1.165) is 0 Å². The number of nitrogens with zero attached hydrogens (tertiary/aromatic N) is 4. The van der Waals surface area contributed by atoms with E-state index in [1.54, 1.807) is 0 Å². The van der Waals surface area contributed by atoms with Crippen LogP contribution in [0.2, 0.25) is 0 Å². The van der Waals surface area contributed by atoms with E-state index in [0.29, 0.717) is 23.1 Å². The van der Waals surface area contributed by atoms with E-state index in [-0.39, 0.29) is 19.3 Å². The average Bonchev–Trinajstić information content (AvgIpc) is 2.69. The molecule has 0 N–H and O–H groups in total. The van der Waals surface area contributed by atoms with Crippen molar-refractivity contribution in [1.29, 1.82) is 0 Å². The summed E-state index contributed by atoms with van der Waals surface area (Å²) in [6, 6.07) is 0. The van der Waals surface area contributed by atoms with Gasteiger partial charge in [0.05, 0.1) is 6.42 Å². The van der Waals surface area contributed by atoms with Crippen molar-refractivity contribution in [3.63, 3.8) is 0 Å². The number of hydrogen-bond donors (Lipinski definition) is 0. The molecule has 1 aliphatic rings. The third-order valence-electron chi connectivity index (χ3n) is 2.01. The second kappa shape index (κ2) is 8.68. The monoisotopic (exact) mass is 304 g/mol. The number of carbonyl (C=O) groups excluding carboxylic acids is 3. The fraction of sp³-hybridized carbons (Fsp3) is 0.667. The second-order valence-electron chi connectivity index (χ2n) is 3.39. The Labute approximate surface area is 117 Å². The molecule has 0 aromatic heterocycles. The highest BCUT2D eigenvalue weighted by Gasteiger charge is 2.32. The van der Waals surface area contributed by atoms with Crippen LogP contribution in [-0.2, 0) is 19.2 Å². The summed E-state index contributed by atoms with van der Waals surface area (Å²) in [5.41, 5.74) is 8.04. The van der Waals surface area contributed by atoms with Crippen LogP contribution in [0.15, 0.2) is 5.11 Å². The van der Waals surface area contributed by atoms with Gasteiger partial charge in [0.1, 0.15) is 0 Å². The lowest BCUT2D eigenvalue weighted by molar-refractivity contribution is -0.197. The lowest BCUT2D eigenvalue weighted by atomic mass is 10.4. The molecular weight excluding hydrogens is 292 g/mol. The van der Waals surface area contributed by atoms with Crippen LogP contribution in [-0.4, -0.2) is 40.9 Å². The molecule has 0 saturated carbocycles. The maximum absolute atomic E-state index is 11.4. The molecule has 0 aromatic rings. The summed E-state index contributed by atoms with van der Waals surface area (Å²) < 4.78 is 0. The van der Waals surface area contributed by atoms with Gasteiger partial charge in [-0.3, -0.25) is 9.59 Å². The van der Waals surface area contributed by atoms with Gasteiger partial charge in [0.15, 0.2) is 0 Å². The van der Waals surface area contributed by atoms with E-state index < -0.39 is 17.8 Å². The minimum absolute atomic E-state index is 0.0934. The normalized spacial score (nSPS) is 14.4. The van der Waals surface area contributed by atoms with Crippen molar-refractivity contribution < 1.29 is 19.2 Å². The quantitative estimate of drug-likeness (QED) is 0.168. The number of hydrogen-bond acceptors (Lipinski definition) is 7. The van der Waals surface area contributed by atoms with Crippen molar-refractivity contribution in [2.75, 3.05) is 18.1 Å². The van der Waals surface area contributed by atoms with Crippen LogP contribution in [0, 0.1) is 0 Å². The molecule has 0 aromatic carbocycles. The third kappa shape index (κ3) is 5.86. The number of carbonyl (C=O) groups is 3. The van der Waals surface area contributed by atoms with Gasteiger partial charge in [-0.1, -0.05) is 26.7 Å². The molecule has 0 unspecified atom stereocenters. The molecule has 0 bridgehead atoms. The lowest BCUT2D eigenvalue weighted by Crippen LogP contribution is -2.32. The predicted octanol–water partition coefficient (Wildman–Crippen LogP) is 1.68. The van der Waals surface area contributed by atoms with Gasteiger partial charge in [-0.05, 0) is 5.53 Å². The number of amides is 2. The first kappa shape index (κ1) is 15.7. The van der Waals surface area contributed by atoms with Gasteiger partial charge >= 0.3 is 5.97 Å². The fourth-order valence-electron chi connectivity index (χ4n) is 1.17. The molecule has 0 aliphatic carbocycles. The Morgan fingerprint density at radius 2 is 1.95 bits per heavy atom. The summed E-state index contributed by atoms with van der Waals surface area (Å²) in [7, 11) is 2.91. The van der Waals surface area contributed by atoms with E-state index in [4.69, 9.17) is 5.53 Å². The van der Waals surface area contributed by atoms with Crippen LogP contribution < -0.4 is 0 Å². The Morgan fingerprint density at radius 1 is 1.32 bits per heavy atom. The zero-order chi connectivity index (χ0) is 14.1. The highest BCUT2D eigenvalue weighted by Crippen LogP contribution is 2.22. The smallest absolute Gasteiger partial charge is 0.330 e. The Balaban J connectivity index is 2.09. The summed E-state index contributed by atoms with van der Waals surface area (Å²) >= 11 is 0. The fourth-order valence-corrected chi connectivity index (χ4v) is 2.99. The van der Waals surface area contributed by atoms with Gasteiger partial charge < -0.3 is 4.84 Å². The molecule has 0 atom stereocenters. The first-order valence-corrected chi connectivity index (χ1v) is 7.96. The van der Waals surface area contributed by atoms with Crippen LogP contribution in [0.5, 0.6) is 0 Å². The summed E-state index contributed by atoms with van der Waals surface area (Å²) in [6.45, 7) is 0.398. The van der Waals surface area contributed by atoms with Crippen molar-refractivity contribution in [3.05, 3.63) is 10.4 Å². The number of imide groups is 1. The molecule has 10 heteroatoms. The molecular formula is C9H12N4O4S2. The highest BCUT2D eigenvalue weighted by atomic mass is 33.1. The van der Waals surface area contributed by atoms with Gasteiger partial charge in [-0.25, -0.2) is 4.79 Å². The van der Waals surface area contributed by atoms with E-state index >= 15 is 0 Å². The van der Waals surface area contributed by atoms with Crippen LogP contribution in [0.4, 0.5) is 0 Å². The summed E-state index contributed by atoms with van der Waals surface area (Å²) in [4.78, 5) is 41.0. The zero-order valence-electron chi connectivity index (χ0n) is 9.98. The molecule has 1 heterocycles. The van der Waals surface area contributed by atoms with E-state index in [1.165, 1.54) is 21.6 Å². The van der Waals surface area contributed by atoms with E-state index in [2.05, 4.69) is 14.9 Å². The highest BCUT2D eigenvalue weighted by molar-refractivity contribution is 8.76. The topological polar surface area (TPSA) is 112 Å². The third-order valence-corrected chi connectivity index (χ3v) is 4.40. The molecule has 1 aliphatic heterocycles. The molecule has 19 heavy (non-hydrogen) atoms. The summed E-state index contributed by atoms with van der Waals surface area (Å²) in [5, 5.41) is 3.91. The van der Waals surface area contributed by atoms with Crippen LogP contribution in [0.3, 0.4) is 0 Å². The van der Waals surface area contributed by atoms with E-state index in [9.17, 15) is 14.4 Å². The standard InChI is InChI=1S/C9H12N4O4S2/c10-12-11-4-6-19-18-5-3-9(16)17-13-7(14)1-2-8(13)15/h1-6H2. The van der Waals surface area contributed by atoms with Crippen molar-refractivity contribution >= 4 is 39.4 Å². The van der Waals surface area contributed by atoms with Crippen molar-refractivity contribution in [2.24, 2.45) is 5.11 Å². The van der Waals surface area contributed by atoms with Gasteiger partial charge in [0, 0.05) is 35.8 Å². The molecule has 1 saturated heterocycles. The predicted molar refractivity (Wildman–Crippen MR) is 70.7 cm³/mol. The maximum atomic E-state index is 11.4. The Kier molecular flexibility index (Phi) is 7.16. The van der Waals surface area contributed by atoms with Crippen molar-refractivity contribution in [1.82, 2.24) is 5.06 Å². The summed E-state index contributed by atoms with van der Waals surface area (Å²) in [5.74, 6) is -0.403. The first-order valence-electron chi connectivity index (χ1n) is 5.47. The number of azide groups is 1. The van der Waals surface area contributed by atoms with Crippen LogP contribution >= 0.6 is 21.6 Å². The molecule has 104 valence electrons. The first-order chi connectivity index (χ1) is 9.15. The van der Waals surface area contributed by atoms with Gasteiger partial charge in [0.25, 0.3) is 11.8 Å².